The Morgan fingerprint density at radius 2 is 2.50 bits per heavy atom. The first kappa shape index (κ1) is 7.43. The van der Waals surface area contributed by atoms with Gasteiger partial charge in [-0.25, -0.2) is 0 Å². The normalized spacial score (nSPS) is 8.12. The van der Waals surface area contributed by atoms with Crippen molar-refractivity contribution in [3.05, 3.63) is 12.0 Å². The van der Waals surface area contributed by atoms with Crippen molar-refractivity contribution in [2.75, 3.05) is 0 Å². The van der Waals surface area contributed by atoms with Gasteiger partial charge in [-0.2, -0.15) is 0 Å². The van der Waals surface area contributed by atoms with Crippen molar-refractivity contribution in [3.63, 3.8) is 0 Å². The van der Waals surface area contributed by atoms with Crippen LogP contribution in [-0.2, 0) is 6.42 Å². The van der Waals surface area contributed by atoms with Crippen LogP contribution in [0.4, 0.5) is 0 Å². The first-order valence-corrected chi connectivity index (χ1v) is 2.19. The Morgan fingerprint density at radius 3 is 2.75 bits per heavy atom. The first-order valence-electron chi connectivity index (χ1n) is 2.19. The second kappa shape index (κ2) is 3.43. The number of hydrogen-bond donors (Lipinski definition) is 0. The summed E-state index contributed by atoms with van der Waals surface area (Å²) in [7, 11) is 0. The largest absolute Gasteiger partial charge is 0.345 e. The van der Waals surface area contributed by atoms with E-state index in [1.807, 2.05) is 6.92 Å². The van der Waals surface area contributed by atoms with Crippen LogP contribution in [0.15, 0.2) is 10.8 Å². The molecule has 0 radical (unpaired) electrons. The number of rotatable bonds is 1. The van der Waals surface area contributed by atoms with E-state index in [1.165, 1.54) is 0 Å². The van der Waals surface area contributed by atoms with Crippen LogP contribution in [0.5, 0.6) is 0 Å². The molecule has 0 atom stereocenters. The molecule has 0 spiro atoms. The van der Waals surface area contributed by atoms with Gasteiger partial charge in [-0.15, -0.1) is 17.5 Å². The van der Waals surface area contributed by atoms with Gasteiger partial charge in [0.1, 0.15) is 12.0 Å². The highest BCUT2D eigenvalue weighted by Crippen LogP contribution is 1.88. The Labute approximate surface area is 53.5 Å². The molecule has 46 valence electrons. The van der Waals surface area contributed by atoms with E-state index in [9.17, 15) is 0 Å². The van der Waals surface area contributed by atoms with E-state index >= 15 is 0 Å². The Morgan fingerprint density at radius 1 is 1.75 bits per heavy atom. The lowest BCUT2D eigenvalue weighted by Crippen LogP contribution is -1.75. The molecule has 0 aliphatic rings. The maximum Gasteiger partial charge on any atom is 0.147 e. The smallest absolute Gasteiger partial charge is 0.147 e. The number of halogens is 1. The van der Waals surface area contributed by atoms with E-state index in [-0.39, 0.29) is 12.4 Å². The molecule has 8 heavy (non-hydrogen) atoms. The highest BCUT2D eigenvalue weighted by atomic mass is 35.5. The van der Waals surface area contributed by atoms with Crippen LogP contribution >= 0.6 is 12.4 Å². The predicted octanol–water partition coefficient (Wildman–Crippen LogP) is 1.05. The van der Waals surface area contributed by atoms with E-state index in [1.54, 1.807) is 6.26 Å². The van der Waals surface area contributed by atoms with Gasteiger partial charge in [0, 0.05) is 5.27 Å². The molecule has 0 amide bonds. The summed E-state index contributed by atoms with van der Waals surface area (Å²) in [5.74, 6) is 0. The molecule has 0 aliphatic carbocycles. The Balaban J connectivity index is 0.000000490. The highest BCUT2D eigenvalue weighted by Gasteiger charge is 1.87. The molecular formula is C4H7ClN2O. The SMILES string of the molecule is CCc1conn1.Cl. The maximum atomic E-state index is 4.44. The third-order valence-electron chi connectivity index (χ3n) is 0.767. The molecule has 0 saturated heterocycles. The molecule has 0 N–H and O–H groups in total. The molecule has 0 unspecified atom stereocenters. The van der Waals surface area contributed by atoms with Crippen LogP contribution in [-0.4, -0.2) is 10.4 Å². The molecule has 1 aromatic heterocycles. The van der Waals surface area contributed by atoms with Gasteiger partial charge in [0.25, 0.3) is 0 Å². The lowest BCUT2D eigenvalue weighted by molar-refractivity contribution is 0.392. The highest BCUT2D eigenvalue weighted by molar-refractivity contribution is 5.85. The van der Waals surface area contributed by atoms with E-state index in [0.29, 0.717) is 0 Å². The summed E-state index contributed by atoms with van der Waals surface area (Å²) in [5.41, 5.74) is 0.903. The molecule has 1 heterocycles. The number of nitrogens with zero attached hydrogens (tertiary/aromatic N) is 2. The number of aromatic nitrogens is 2. The predicted molar refractivity (Wildman–Crippen MR) is 30.9 cm³/mol. The van der Waals surface area contributed by atoms with Gasteiger partial charge in [0.2, 0.25) is 0 Å². The first-order chi connectivity index (χ1) is 3.43. The summed E-state index contributed by atoms with van der Waals surface area (Å²) in [6, 6.07) is 0. The van der Waals surface area contributed by atoms with Crippen LogP contribution in [0.1, 0.15) is 12.6 Å². The minimum absolute atomic E-state index is 0. The summed E-state index contributed by atoms with van der Waals surface area (Å²) >= 11 is 0. The zero-order valence-corrected chi connectivity index (χ0v) is 5.31. The van der Waals surface area contributed by atoms with Crippen LogP contribution in [0.25, 0.3) is 0 Å². The van der Waals surface area contributed by atoms with Gasteiger partial charge >= 0.3 is 0 Å². The third kappa shape index (κ3) is 1.50. The van der Waals surface area contributed by atoms with Gasteiger partial charge < -0.3 is 4.52 Å². The van der Waals surface area contributed by atoms with Crippen LogP contribution in [0.2, 0.25) is 0 Å². The molecule has 3 nitrogen and oxygen atoms in total. The molecule has 0 aromatic carbocycles. The molecule has 1 rings (SSSR count). The van der Waals surface area contributed by atoms with Crippen molar-refractivity contribution >= 4 is 12.4 Å². The van der Waals surface area contributed by atoms with Gasteiger partial charge in [-0.05, 0) is 6.42 Å². The standard InChI is InChI=1S/C4H6N2O.ClH/c1-2-4-3-7-6-5-4;/h3H,2H2,1H3;1H. The van der Waals surface area contributed by atoms with Crippen molar-refractivity contribution < 1.29 is 4.52 Å². The molecule has 4 heteroatoms. The van der Waals surface area contributed by atoms with Crippen molar-refractivity contribution in [2.24, 2.45) is 0 Å². The fourth-order valence-corrected chi connectivity index (χ4v) is 0.338. The van der Waals surface area contributed by atoms with Crippen molar-refractivity contribution in [1.82, 2.24) is 10.4 Å². The van der Waals surface area contributed by atoms with Gasteiger partial charge in [0.05, 0.1) is 0 Å². The minimum Gasteiger partial charge on any atom is -0.345 e. The Kier molecular flexibility index (Phi) is 3.19. The fraction of sp³-hybridized carbons (Fsp3) is 0.500. The molecule has 1 aromatic rings. The topological polar surface area (TPSA) is 38.9 Å². The van der Waals surface area contributed by atoms with Crippen LogP contribution < -0.4 is 0 Å². The van der Waals surface area contributed by atoms with Gasteiger partial charge in [0.15, 0.2) is 0 Å². The van der Waals surface area contributed by atoms with Crippen molar-refractivity contribution in [1.29, 1.82) is 0 Å². The number of hydrogen-bond acceptors (Lipinski definition) is 3. The Bertz CT molecular complexity index is 129. The third-order valence-corrected chi connectivity index (χ3v) is 0.767. The summed E-state index contributed by atoms with van der Waals surface area (Å²) in [5, 5.41) is 6.89. The minimum atomic E-state index is 0. The lowest BCUT2D eigenvalue weighted by atomic mass is 10.4. The summed E-state index contributed by atoms with van der Waals surface area (Å²) in [4.78, 5) is 0. The molecule has 0 bridgehead atoms. The maximum absolute atomic E-state index is 4.44. The second-order valence-electron chi connectivity index (χ2n) is 1.25. The van der Waals surface area contributed by atoms with E-state index in [2.05, 4.69) is 14.9 Å². The average Bonchev–Trinajstić information content (AvgIpc) is 2.14. The molecular weight excluding hydrogens is 128 g/mol. The summed E-state index contributed by atoms with van der Waals surface area (Å²) in [6.07, 6.45) is 2.43. The quantitative estimate of drug-likeness (QED) is 0.577. The molecule has 0 fully saturated rings. The van der Waals surface area contributed by atoms with Crippen molar-refractivity contribution in [3.8, 4) is 0 Å². The van der Waals surface area contributed by atoms with Gasteiger partial charge in [-0.1, -0.05) is 6.92 Å². The van der Waals surface area contributed by atoms with E-state index in [0.717, 1.165) is 12.1 Å². The summed E-state index contributed by atoms with van der Waals surface area (Å²) in [6.45, 7) is 2.00. The van der Waals surface area contributed by atoms with Crippen LogP contribution in [0, 0.1) is 0 Å². The fourth-order valence-electron chi connectivity index (χ4n) is 0.338. The zero-order chi connectivity index (χ0) is 5.11. The van der Waals surface area contributed by atoms with Crippen molar-refractivity contribution in [2.45, 2.75) is 13.3 Å². The van der Waals surface area contributed by atoms with E-state index < -0.39 is 0 Å². The average molecular weight is 135 g/mol. The molecule has 0 aliphatic heterocycles. The summed E-state index contributed by atoms with van der Waals surface area (Å²) < 4.78 is 4.44. The van der Waals surface area contributed by atoms with E-state index in [4.69, 9.17) is 0 Å². The second-order valence-corrected chi connectivity index (χ2v) is 1.25. The lowest BCUT2D eigenvalue weighted by Gasteiger charge is -1.72. The number of aryl methyl sites for hydroxylation is 1. The Hall–Kier alpha value is -0.570. The molecule has 0 saturated carbocycles. The van der Waals surface area contributed by atoms with Gasteiger partial charge in [-0.3, -0.25) is 0 Å². The van der Waals surface area contributed by atoms with Crippen LogP contribution in [0.3, 0.4) is 0 Å². The monoisotopic (exact) mass is 134 g/mol. The zero-order valence-electron chi connectivity index (χ0n) is 4.50.